The van der Waals surface area contributed by atoms with Crippen LogP contribution >= 0.6 is 0 Å². The molecule has 4 rings (SSSR count). The van der Waals surface area contributed by atoms with Crippen molar-refractivity contribution in [1.29, 1.82) is 0 Å². The highest BCUT2D eigenvalue weighted by Gasteiger charge is 2.39. The lowest BCUT2D eigenvalue weighted by Crippen LogP contribution is -2.34. The fourth-order valence-electron chi connectivity index (χ4n) is 3.34. The van der Waals surface area contributed by atoms with Crippen molar-refractivity contribution in [2.45, 2.75) is 12.0 Å². The van der Waals surface area contributed by atoms with Crippen LogP contribution in [0.1, 0.15) is 22.3 Å². The van der Waals surface area contributed by atoms with Crippen molar-refractivity contribution in [3.63, 3.8) is 0 Å². The summed E-state index contributed by atoms with van der Waals surface area (Å²) in [6.07, 6.45) is 2.29. The van der Waals surface area contributed by atoms with E-state index < -0.39 is 5.60 Å². The number of fused-ring (bicyclic) bond motifs is 1. The van der Waals surface area contributed by atoms with Crippen LogP contribution in [-0.2, 0) is 5.60 Å². The van der Waals surface area contributed by atoms with Gasteiger partial charge in [0, 0.05) is 23.7 Å². The molecule has 4 nitrogen and oxygen atoms in total. The maximum Gasteiger partial charge on any atom is 0.253 e. The Hall–Kier alpha value is -2.72. The largest absolute Gasteiger partial charge is 0.383 e. The van der Waals surface area contributed by atoms with Gasteiger partial charge in [-0.1, -0.05) is 36.4 Å². The van der Waals surface area contributed by atoms with Crippen LogP contribution in [0, 0.1) is 0 Å². The molecule has 0 saturated carbocycles. The van der Waals surface area contributed by atoms with Gasteiger partial charge in [0.2, 0.25) is 0 Å². The average Bonchev–Trinajstić information content (AvgIpc) is 3.05. The highest BCUT2D eigenvalue weighted by Crippen LogP contribution is 2.32. The second kappa shape index (κ2) is 5.73. The first-order chi connectivity index (χ1) is 11.7. The lowest BCUT2D eigenvalue weighted by Gasteiger charge is -2.24. The van der Waals surface area contributed by atoms with Gasteiger partial charge in [-0.25, -0.2) is 0 Å². The van der Waals surface area contributed by atoms with Gasteiger partial charge in [-0.05, 0) is 36.2 Å². The summed E-state index contributed by atoms with van der Waals surface area (Å²) < 4.78 is 0. The van der Waals surface area contributed by atoms with Crippen LogP contribution in [-0.4, -0.2) is 34.0 Å². The second-order valence-electron chi connectivity index (χ2n) is 6.29. The van der Waals surface area contributed by atoms with Crippen molar-refractivity contribution in [2.24, 2.45) is 0 Å². The maximum absolute atomic E-state index is 12.8. The molecule has 0 radical (unpaired) electrons. The van der Waals surface area contributed by atoms with Crippen LogP contribution in [0.3, 0.4) is 0 Å². The van der Waals surface area contributed by atoms with E-state index in [1.165, 1.54) is 0 Å². The van der Waals surface area contributed by atoms with E-state index in [1.54, 1.807) is 17.2 Å². The molecule has 1 amide bonds. The lowest BCUT2D eigenvalue weighted by molar-refractivity contribution is 0.0417. The van der Waals surface area contributed by atoms with Gasteiger partial charge in [-0.3, -0.25) is 9.78 Å². The number of aromatic nitrogens is 1. The number of pyridine rings is 1. The average molecular weight is 318 g/mol. The van der Waals surface area contributed by atoms with Gasteiger partial charge in [-0.15, -0.1) is 0 Å². The smallest absolute Gasteiger partial charge is 0.253 e. The Kier molecular flexibility index (Phi) is 3.54. The quantitative estimate of drug-likeness (QED) is 0.790. The van der Waals surface area contributed by atoms with Crippen molar-refractivity contribution in [2.75, 3.05) is 13.1 Å². The Bertz CT molecular complexity index is 894. The molecule has 0 bridgehead atoms. The molecule has 2 aromatic carbocycles. The molecule has 24 heavy (non-hydrogen) atoms. The number of benzene rings is 2. The SMILES string of the molecule is O=C(c1ccc2ncccc2c1)N1CC[C@@](O)(c2ccccc2)C1. The van der Waals surface area contributed by atoms with Gasteiger partial charge in [0.15, 0.2) is 0 Å². The van der Waals surface area contributed by atoms with Gasteiger partial charge >= 0.3 is 0 Å². The van der Waals surface area contributed by atoms with Crippen LogP contribution in [0.25, 0.3) is 10.9 Å². The van der Waals surface area contributed by atoms with Crippen LogP contribution in [0.4, 0.5) is 0 Å². The van der Waals surface area contributed by atoms with Crippen molar-refractivity contribution >= 4 is 16.8 Å². The molecule has 1 fully saturated rings. The molecule has 1 aliphatic rings. The molecule has 0 spiro atoms. The van der Waals surface area contributed by atoms with E-state index in [-0.39, 0.29) is 5.91 Å². The highest BCUT2D eigenvalue weighted by molar-refractivity contribution is 5.98. The highest BCUT2D eigenvalue weighted by atomic mass is 16.3. The van der Waals surface area contributed by atoms with Crippen LogP contribution in [0.2, 0.25) is 0 Å². The predicted molar refractivity (Wildman–Crippen MR) is 92.6 cm³/mol. The van der Waals surface area contributed by atoms with Crippen molar-refractivity contribution in [1.82, 2.24) is 9.88 Å². The van der Waals surface area contributed by atoms with Gasteiger partial charge in [0.1, 0.15) is 5.60 Å². The Morgan fingerprint density at radius 2 is 1.92 bits per heavy atom. The summed E-state index contributed by atoms with van der Waals surface area (Å²) >= 11 is 0. The van der Waals surface area contributed by atoms with Crippen LogP contribution < -0.4 is 0 Å². The summed E-state index contributed by atoms with van der Waals surface area (Å²) in [6.45, 7) is 0.871. The fourth-order valence-corrected chi connectivity index (χ4v) is 3.34. The summed E-state index contributed by atoms with van der Waals surface area (Å²) in [4.78, 5) is 18.8. The number of carbonyl (C=O) groups is 1. The third-order valence-corrected chi connectivity index (χ3v) is 4.70. The zero-order valence-electron chi connectivity index (χ0n) is 13.2. The zero-order chi connectivity index (χ0) is 16.6. The first-order valence-corrected chi connectivity index (χ1v) is 8.08. The van der Waals surface area contributed by atoms with Gasteiger partial charge < -0.3 is 10.0 Å². The minimum atomic E-state index is -0.963. The standard InChI is InChI=1S/C20H18N2O2/c23-19(16-8-9-18-15(13-16)5-4-11-21-18)22-12-10-20(24,14-22)17-6-2-1-3-7-17/h1-9,11,13,24H,10,12,14H2/t20-/m0/s1. The van der Waals surface area contributed by atoms with Gasteiger partial charge in [0.25, 0.3) is 5.91 Å². The molecule has 1 aromatic heterocycles. The number of rotatable bonds is 2. The van der Waals surface area contributed by atoms with Gasteiger partial charge in [-0.2, -0.15) is 0 Å². The summed E-state index contributed by atoms with van der Waals surface area (Å²) in [7, 11) is 0. The van der Waals surface area contributed by atoms with E-state index in [4.69, 9.17) is 0 Å². The first-order valence-electron chi connectivity index (χ1n) is 8.08. The van der Waals surface area contributed by atoms with Crippen molar-refractivity contribution in [3.8, 4) is 0 Å². The Morgan fingerprint density at radius 1 is 1.08 bits per heavy atom. The number of hydrogen-bond acceptors (Lipinski definition) is 3. The van der Waals surface area contributed by atoms with Crippen LogP contribution in [0.5, 0.6) is 0 Å². The molecule has 1 aliphatic heterocycles. The molecule has 1 N–H and O–H groups in total. The fraction of sp³-hybridized carbons (Fsp3) is 0.200. The van der Waals surface area contributed by atoms with Crippen LogP contribution in [0.15, 0.2) is 66.9 Å². The van der Waals surface area contributed by atoms with Crippen molar-refractivity contribution < 1.29 is 9.90 Å². The van der Waals surface area contributed by atoms with E-state index in [9.17, 15) is 9.90 Å². The number of hydrogen-bond donors (Lipinski definition) is 1. The van der Waals surface area contributed by atoms with E-state index in [1.807, 2.05) is 54.6 Å². The molecule has 120 valence electrons. The first kappa shape index (κ1) is 14.8. The molecular formula is C20H18N2O2. The Labute approximate surface area is 140 Å². The van der Waals surface area contributed by atoms with Crippen molar-refractivity contribution in [3.05, 3.63) is 78.0 Å². The maximum atomic E-state index is 12.8. The summed E-state index contributed by atoms with van der Waals surface area (Å²) in [5, 5.41) is 11.8. The lowest BCUT2D eigenvalue weighted by atomic mass is 9.93. The number of β-amino-alcohol motifs (C(OH)–C–C–N with tert-alkyl or cyclic N) is 1. The van der Waals surface area contributed by atoms with E-state index in [2.05, 4.69) is 4.98 Å². The molecule has 2 heterocycles. The Morgan fingerprint density at radius 3 is 2.75 bits per heavy atom. The monoisotopic (exact) mass is 318 g/mol. The summed E-state index contributed by atoms with van der Waals surface area (Å²) in [6, 6.07) is 18.9. The predicted octanol–water partition coefficient (Wildman–Crippen LogP) is 2.97. The summed E-state index contributed by atoms with van der Waals surface area (Å²) in [5.41, 5.74) is 1.40. The molecule has 0 aliphatic carbocycles. The van der Waals surface area contributed by atoms with E-state index in [0.717, 1.165) is 16.5 Å². The minimum Gasteiger partial charge on any atom is -0.383 e. The number of aliphatic hydroxyl groups is 1. The molecule has 0 unspecified atom stereocenters. The Balaban J connectivity index is 1.59. The van der Waals surface area contributed by atoms with E-state index >= 15 is 0 Å². The minimum absolute atomic E-state index is 0.0485. The number of nitrogens with zero attached hydrogens (tertiary/aromatic N) is 2. The number of carbonyl (C=O) groups excluding carboxylic acids is 1. The number of amides is 1. The third kappa shape index (κ3) is 2.55. The number of likely N-dealkylation sites (tertiary alicyclic amines) is 1. The second-order valence-corrected chi connectivity index (χ2v) is 6.29. The summed E-state index contributed by atoms with van der Waals surface area (Å²) in [5.74, 6) is -0.0485. The topological polar surface area (TPSA) is 53.4 Å². The van der Waals surface area contributed by atoms with E-state index in [0.29, 0.717) is 25.1 Å². The zero-order valence-corrected chi connectivity index (χ0v) is 13.2. The normalized spacial score (nSPS) is 20.5. The molecule has 1 atom stereocenters. The van der Waals surface area contributed by atoms with Gasteiger partial charge in [0.05, 0.1) is 12.1 Å². The molecule has 4 heteroatoms. The molecular weight excluding hydrogens is 300 g/mol. The third-order valence-electron chi connectivity index (χ3n) is 4.70. The molecule has 3 aromatic rings. The molecule has 1 saturated heterocycles.